The summed E-state index contributed by atoms with van der Waals surface area (Å²) in [4.78, 5) is 15.4. The highest BCUT2D eigenvalue weighted by Crippen LogP contribution is 2.27. The van der Waals surface area contributed by atoms with E-state index < -0.39 is 0 Å². The number of carbonyl (C=O) groups is 1. The molecule has 0 bridgehead atoms. The van der Waals surface area contributed by atoms with Gasteiger partial charge in [-0.05, 0) is 30.7 Å². The third-order valence-corrected chi connectivity index (χ3v) is 4.31. The average molecular weight is 325 g/mol. The monoisotopic (exact) mass is 324 g/mol. The molecule has 1 aromatic heterocycles. The van der Waals surface area contributed by atoms with E-state index in [1.54, 1.807) is 6.20 Å². The van der Waals surface area contributed by atoms with Crippen LogP contribution >= 0.6 is 27.7 Å². The van der Waals surface area contributed by atoms with Crippen LogP contribution in [0.25, 0.3) is 10.9 Å². The molecular formula is C13H13BrN2OS. The van der Waals surface area contributed by atoms with Crippen LogP contribution in [0.3, 0.4) is 0 Å². The lowest BCUT2D eigenvalue weighted by atomic mass is 10.1. The van der Waals surface area contributed by atoms with Crippen LogP contribution in [0.2, 0.25) is 0 Å². The molecule has 0 radical (unpaired) electrons. The molecule has 1 heterocycles. The number of hydrogen-bond donors (Lipinski definition) is 1. The van der Waals surface area contributed by atoms with Crippen LogP contribution in [0.1, 0.15) is 12.5 Å². The highest BCUT2D eigenvalue weighted by molar-refractivity contribution is 9.10. The number of hydrogen-bond acceptors (Lipinski definition) is 3. The van der Waals surface area contributed by atoms with Gasteiger partial charge in [-0.15, -0.1) is 11.8 Å². The maximum absolute atomic E-state index is 11.0. The summed E-state index contributed by atoms with van der Waals surface area (Å²) in [5, 5.41) is 0.900. The van der Waals surface area contributed by atoms with E-state index in [4.69, 9.17) is 5.73 Å². The Balaban J connectivity index is 2.29. The van der Waals surface area contributed by atoms with E-state index in [-0.39, 0.29) is 11.2 Å². The second-order valence-corrected chi connectivity index (χ2v) is 6.24. The summed E-state index contributed by atoms with van der Waals surface area (Å²) in [7, 11) is 0. The number of amides is 1. The summed E-state index contributed by atoms with van der Waals surface area (Å²) in [5.41, 5.74) is 7.34. The first-order chi connectivity index (χ1) is 8.58. The third-order valence-electron chi connectivity index (χ3n) is 2.64. The van der Waals surface area contributed by atoms with Crippen molar-refractivity contribution >= 4 is 44.5 Å². The second-order valence-electron chi connectivity index (χ2n) is 4.00. The summed E-state index contributed by atoms with van der Waals surface area (Å²) < 4.78 is 1.02. The molecule has 0 saturated carbocycles. The summed E-state index contributed by atoms with van der Waals surface area (Å²) >= 11 is 5.02. The predicted molar refractivity (Wildman–Crippen MR) is 79.4 cm³/mol. The second kappa shape index (κ2) is 5.71. The van der Waals surface area contributed by atoms with Gasteiger partial charge in [-0.3, -0.25) is 9.78 Å². The molecule has 2 rings (SSSR count). The van der Waals surface area contributed by atoms with Crippen LogP contribution in [-0.2, 0) is 10.5 Å². The molecule has 0 unspecified atom stereocenters. The molecule has 5 heteroatoms. The Morgan fingerprint density at radius 1 is 1.56 bits per heavy atom. The number of halogens is 1. The third kappa shape index (κ3) is 3.03. The highest BCUT2D eigenvalue weighted by atomic mass is 79.9. The smallest absolute Gasteiger partial charge is 0.230 e. The molecule has 0 saturated heterocycles. The molecule has 1 atom stereocenters. The number of benzene rings is 1. The number of nitrogens with two attached hydrogens (primary N) is 1. The van der Waals surface area contributed by atoms with Crippen molar-refractivity contribution in [3.8, 4) is 0 Å². The Bertz CT molecular complexity index is 588. The van der Waals surface area contributed by atoms with Gasteiger partial charge in [-0.2, -0.15) is 0 Å². The first kappa shape index (κ1) is 13.4. The zero-order valence-corrected chi connectivity index (χ0v) is 12.3. The van der Waals surface area contributed by atoms with Crippen LogP contribution < -0.4 is 5.73 Å². The molecule has 1 amide bonds. The number of carbonyl (C=O) groups excluding carboxylic acids is 1. The number of nitrogens with zero attached hydrogens (tertiary/aromatic N) is 1. The van der Waals surface area contributed by atoms with Gasteiger partial charge in [0.25, 0.3) is 0 Å². The Labute approximate surface area is 118 Å². The zero-order valence-electron chi connectivity index (χ0n) is 9.89. The Morgan fingerprint density at radius 2 is 2.33 bits per heavy atom. The Hall–Kier alpha value is -1.07. The van der Waals surface area contributed by atoms with Gasteiger partial charge < -0.3 is 5.73 Å². The number of rotatable bonds is 4. The van der Waals surface area contributed by atoms with Crippen molar-refractivity contribution in [1.82, 2.24) is 4.98 Å². The first-order valence-electron chi connectivity index (χ1n) is 5.52. The number of pyridine rings is 1. The van der Waals surface area contributed by atoms with Gasteiger partial charge in [0.15, 0.2) is 0 Å². The van der Waals surface area contributed by atoms with Gasteiger partial charge in [0.05, 0.1) is 10.8 Å². The standard InChI is InChI=1S/C13H13BrN2OS/c1-8(13(15)17)18-7-10-6-11(14)5-9-3-2-4-16-12(9)10/h2-6,8H,7H2,1H3,(H2,15,17)/t8-/m0/s1. The van der Waals surface area contributed by atoms with E-state index in [0.717, 1.165) is 26.7 Å². The van der Waals surface area contributed by atoms with Crippen molar-refractivity contribution in [3.63, 3.8) is 0 Å². The van der Waals surface area contributed by atoms with E-state index >= 15 is 0 Å². The van der Waals surface area contributed by atoms with Gasteiger partial charge >= 0.3 is 0 Å². The molecule has 0 aliphatic rings. The Morgan fingerprint density at radius 3 is 3.06 bits per heavy atom. The molecular weight excluding hydrogens is 312 g/mol. The highest BCUT2D eigenvalue weighted by Gasteiger charge is 2.11. The van der Waals surface area contributed by atoms with Crippen molar-refractivity contribution in [2.75, 3.05) is 0 Å². The summed E-state index contributed by atoms with van der Waals surface area (Å²) in [6.45, 7) is 1.82. The fraction of sp³-hybridized carbons (Fsp3) is 0.231. The minimum absolute atomic E-state index is 0.192. The van der Waals surface area contributed by atoms with Crippen molar-refractivity contribution in [2.45, 2.75) is 17.9 Å². The molecule has 18 heavy (non-hydrogen) atoms. The normalized spacial score (nSPS) is 12.6. The Kier molecular flexibility index (Phi) is 4.24. The van der Waals surface area contributed by atoms with Crippen LogP contribution in [0, 0.1) is 0 Å². The SMILES string of the molecule is C[C@H](SCc1cc(Br)cc2cccnc12)C(N)=O. The molecule has 0 aliphatic heterocycles. The van der Waals surface area contributed by atoms with Gasteiger partial charge in [0.2, 0.25) is 5.91 Å². The van der Waals surface area contributed by atoms with Gasteiger partial charge in [-0.1, -0.05) is 22.0 Å². The van der Waals surface area contributed by atoms with E-state index in [2.05, 4.69) is 20.9 Å². The lowest BCUT2D eigenvalue weighted by Gasteiger charge is -2.09. The van der Waals surface area contributed by atoms with Crippen LogP contribution in [-0.4, -0.2) is 16.1 Å². The van der Waals surface area contributed by atoms with Crippen molar-refractivity contribution < 1.29 is 4.79 Å². The predicted octanol–water partition coefficient (Wildman–Crippen LogP) is 3.10. The number of thioether (sulfide) groups is 1. The lowest BCUT2D eigenvalue weighted by Crippen LogP contribution is -2.22. The fourth-order valence-corrected chi connectivity index (χ4v) is 2.97. The van der Waals surface area contributed by atoms with Crippen molar-refractivity contribution in [3.05, 3.63) is 40.5 Å². The molecule has 1 aromatic carbocycles. The zero-order chi connectivity index (χ0) is 13.1. The molecule has 2 aromatic rings. The summed E-state index contributed by atoms with van der Waals surface area (Å²) in [6, 6.07) is 8.01. The van der Waals surface area contributed by atoms with Crippen LogP contribution in [0.4, 0.5) is 0 Å². The molecule has 94 valence electrons. The van der Waals surface area contributed by atoms with Gasteiger partial charge in [0, 0.05) is 21.8 Å². The molecule has 2 N–H and O–H groups in total. The minimum Gasteiger partial charge on any atom is -0.369 e. The van der Waals surface area contributed by atoms with Crippen LogP contribution in [0.5, 0.6) is 0 Å². The number of primary amides is 1. The topological polar surface area (TPSA) is 56.0 Å². The first-order valence-corrected chi connectivity index (χ1v) is 7.36. The van der Waals surface area contributed by atoms with Crippen molar-refractivity contribution in [1.29, 1.82) is 0 Å². The van der Waals surface area contributed by atoms with Gasteiger partial charge in [-0.25, -0.2) is 0 Å². The van der Waals surface area contributed by atoms with E-state index in [1.807, 2.05) is 31.2 Å². The maximum Gasteiger partial charge on any atom is 0.230 e. The van der Waals surface area contributed by atoms with E-state index in [9.17, 15) is 4.79 Å². The number of aromatic nitrogens is 1. The maximum atomic E-state index is 11.0. The lowest BCUT2D eigenvalue weighted by molar-refractivity contribution is -0.117. The molecule has 0 spiro atoms. The quantitative estimate of drug-likeness (QED) is 0.940. The summed E-state index contributed by atoms with van der Waals surface area (Å²) in [6.07, 6.45) is 1.78. The largest absolute Gasteiger partial charge is 0.369 e. The number of fused-ring (bicyclic) bond motifs is 1. The summed E-state index contributed by atoms with van der Waals surface area (Å²) in [5.74, 6) is 0.434. The van der Waals surface area contributed by atoms with Gasteiger partial charge in [0.1, 0.15) is 0 Å². The molecule has 3 nitrogen and oxygen atoms in total. The fourth-order valence-electron chi connectivity index (χ4n) is 1.63. The average Bonchev–Trinajstić information content (AvgIpc) is 2.35. The van der Waals surface area contributed by atoms with Crippen LogP contribution in [0.15, 0.2) is 34.9 Å². The van der Waals surface area contributed by atoms with E-state index in [1.165, 1.54) is 11.8 Å². The van der Waals surface area contributed by atoms with Crippen molar-refractivity contribution in [2.24, 2.45) is 5.73 Å². The molecule has 0 aliphatic carbocycles. The minimum atomic E-state index is -0.285. The molecule has 0 fully saturated rings. The van der Waals surface area contributed by atoms with E-state index in [0.29, 0.717) is 0 Å².